The average Bonchev–Trinajstić information content (AvgIpc) is 3.13. The number of anilines is 1. The number of amidine groups is 1. The molecule has 0 aliphatic rings. The molecule has 180 valence electrons. The van der Waals surface area contributed by atoms with Crippen LogP contribution in [-0.2, 0) is 11.0 Å². The first-order chi connectivity index (χ1) is 15.5. The van der Waals surface area contributed by atoms with Gasteiger partial charge < -0.3 is 10.1 Å². The quantitative estimate of drug-likeness (QED) is 0.176. The lowest BCUT2D eigenvalue weighted by molar-refractivity contribution is 0.244. The fourth-order valence-electron chi connectivity index (χ4n) is 2.42. The molecule has 2 atom stereocenters. The molecule has 0 aliphatic heterocycles. The Labute approximate surface area is 196 Å². The Bertz CT molecular complexity index is 1090. The van der Waals surface area contributed by atoms with Crippen molar-refractivity contribution in [2.45, 2.75) is 45.9 Å². The van der Waals surface area contributed by atoms with Gasteiger partial charge in [-0.25, -0.2) is 13.6 Å². The van der Waals surface area contributed by atoms with Gasteiger partial charge in [0.1, 0.15) is 0 Å². The second-order valence-electron chi connectivity index (χ2n) is 6.84. The molecule has 33 heavy (non-hydrogen) atoms. The van der Waals surface area contributed by atoms with Crippen molar-refractivity contribution >= 4 is 39.4 Å². The monoisotopic (exact) mass is 504 g/mol. The van der Waals surface area contributed by atoms with Crippen molar-refractivity contribution in [1.29, 1.82) is 0 Å². The third-order valence-corrected chi connectivity index (χ3v) is 5.97. The molecule has 12 heteroatoms. The van der Waals surface area contributed by atoms with Crippen molar-refractivity contribution in [3.63, 3.8) is 0 Å². The summed E-state index contributed by atoms with van der Waals surface area (Å²) in [7, 11) is -2.88. The Kier molecular flexibility index (Phi) is 9.59. The van der Waals surface area contributed by atoms with Crippen LogP contribution >= 0.6 is 11.3 Å². The molecule has 2 unspecified atom stereocenters. The van der Waals surface area contributed by atoms with Crippen molar-refractivity contribution < 1.29 is 26.5 Å². The average molecular weight is 505 g/mol. The molecule has 2 N–H and O–H groups in total. The molecule has 6 nitrogen and oxygen atoms in total. The summed E-state index contributed by atoms with van der Waals surface area (Å²) in [5.74, 6) is -5.99. The van der Waals surface area contributed by atoms with Crippen LogP contribution in [-0.4, -0.2) is 26.8 Å². The van der Waals surface area contributed by atoms with Crippen LogP contribution in [0.25, 0.3) is 5.57 Å². The fourth-order valence-corrected chi connectivity index (χ4v) is 3.69. The summed E-state index contributed by atoms with van der Waals surface area (Å²) >= 11 is 1.24. The van der Waals surface area contributed by atoms with Gasteiger partial charge in [0.15, 0.2) is 22.6 Å². The molecule has 0 amide bonds. The zero-order valence-corrected chi connectivity index (χ0v) is 20.1. The van der Waals surface area contributed by atoms with Gasteiger partial charge >= 0.3 is 5.76 Å². The minimum absolute atomic E-state index is 0.00677. The number of thiazole rings is 1. The molecule has 0 radical (unpaired) electrons. The zero-order valence-electron chi connectivity index (χ0n) is 18.4. The minimum Gasteiger partial charge on any atom is -0.434 e. The zero-order chi connectivity index (χ0) is 24.7. The summed E-state index contributed by atoms with van der Waals surface area (Å²) in [6.07, 6.45) is 4.22. The predicted octanol–water partition coefficient (Wildman–Crippen LogP) is 6.15. The predicted molar refractivity (Wildman–Crippen MR) is 125 cm³/mol. The maximum atomic E-state index is 14.5. The van der Waals surface area contributed by atoms with Crippen LogP contribution in [0.2, 0.25) is 0 Å². The van der Waals surface area contributed by atoms with Crippen LogP contribution in [0.1, 0.15) is 37.1 Å². The van der Waals surface area contributed by atoms with Gasteiger partial charge in [0, 0.05) is 12.2 Å². The number of aryl methyl sites for hydroxylation is 1. The topological polar surface area (TPSA) is 75.6 Å². The molecule has 0 saturated heterocycles. The number of halogens is 4. The summed E-state index contributed by atoms with van der Waals surface area (Å²) in [5.41, 5.74) is -0.174. The Morgan fingerprint density at radius 2 is 2.06 bits per heavy atom. The van der Waals surface area contributed by atoms with Gasteiger partial charge in [0.2, 0.25) is 11.7 Å². The largest absolute Gasteiger partial charge is 0.434 e. The number of ether oxygens (including phenoxy) is 1. The van der Waals surface area contributed by atoms with Crippen molar-refractivity contribution in [2.24, 2.45) is 4.99 Å². The third-order valence-electron chi connectivity index (χ3n) is 4.20. The van der Waals surface area contributed by atoms with Crippen LogP contribution in [0.15, 0.2) is 36.0 Å². The number of benzene rings is 1. The summed E-state index contributed by atoms with van der Waals surface area (Å²) < 4.78 is 71.9. The van der Waals surface area contributed by atoms with Crippen LogP contribution in [0.4, 0.5) is 23.2 Å². The highest BCUT2D eigenvalue weighted by Gasteiger charge is 2.21. The van der Waals surface area contributed by atoms with Gasteiger partial charge in [0.25, 0.3) is 0 Å². The Morgan fingerprint density at radius 3 is 2.70 bits per heavy atom. The summed E-state index contributed by atoms with van der Waals surface area (Å²) in [6, 6.07) is 2.16. The van der Waals surface area contributed by atoms with Crippen molar-refractivity contribution in [3.8, 4) is 11.6 Å². The van der Waals surface area contributed by atoms with E-state index in [0.29, 0.717) is 15.5 Å². The molecular formula is C21H24F4N4O2S2. The van der Waals surface area contributed by atoms with Crippen molar-refractivity contribution in [2.75, 3.05) is 4.72 Å². The first-order valence-corrected chi connectivity index (χ1v) is 11.8. The van der Waals surface area contributed by atoms with Crippen LogP contribution in [0.3, 0.4) is 0 Å². The first-order valence-electron chi connectivity index (χ1n) is 9.78. The van der Waals surface area contributed by atoms with E-state index in [1.807, 2.05) is 20.8 Å². The maximum Gasteiger partial charge on any atom is 0.330 e. The van der Waals surface area contributed by atoms with Gasteiger partial charge in [-0.2, -0.15) is 13.2 Å². The van der Waals surface area contributed by atoms with E-state index in [1.165, 1.54) is 11.3 Å². The number of hydrogen-bond donors (Lipinski definition) is 2. The first kappa shape index (κ1) is 26.5. The van der Waals surface area contributed by atoms with Crippen molar-refractivity contribution in [3.05, 3.63) is 52.5 Å². The summed E-state index contributed by atoms with van der Waals surface area (Å²) in [6.45, 7) is 11.5. The lowest BCUT2D eigenvalue weighted by Gasteiger charge is -2.11. The van der Waals surface area contributed by atoms with Gasteiger partial charge in [-0.05, 0) is 51.0 Å². The van der Waals surface area contributed by atoms with E-state index in [9.17, 15) is 21.8 Å². The highest BCUT2D eigenvalue weighted by atomic mass is 32.2. The SMILES string of the molecule is C=C(/C=C\NC(C)=NC(C)CC)c1sc(C)nc1Oc1ccc(NS(=O)C(F)F)c(F)c1F. The van der Waals surface area contributed by atoms with E-state index in [1.54, 1.807) is 23.9 Å². The number of nitrogens with zero attached hydrogens (tertiary/aromatic N) is 2. The van der Waals surface area contributed by atoms with E-state index in [4.69, 9.17) is 4.74 Å². The Morgan fingerprint density at radius 1 is 1.36 bits per heavy atom. The second kappa shape index (κ2) is 11.9. The molecule has 1 heterocycles. The van der Waals surface area contributed by atoms with Crippen molar-refractivity contribution in [1.82, 2.24) is 10.3 Å². The normalized spacial score (nSPS) is 13.9. The highest BCUT2D eigenvalue weighted by Crippen LogP contribution is 2.36. The van der Waals surface area contributed by atoms with Gasteiger partial charge in [-0.1, -0.05) is 13.5 Å². The van der Waals surface area contributed by atoms with Crippen LogP contribution in [0, 0.1) is 18.6 Å². The molecule has 0 aliphatic carbocycles. The molecular weight excluding hydrogens is 480 g/mol. The standard InChI is InChI=1S/C21H24F4N4O2S2/c1-6-12(3)27-13(4)26-10-9-11(2)19-20(28-14(5)32-19)31-16-8-7-15(17(22)18(16)23)29-33(30)21(24)25/h7-10,12,21,29H,2,6H2,1,3-5H3,(H,26,27)/b10-9-. The summed E-state index contributed by atoms with van der Waals surface area (Å²) in [5, 5.41) is 3.63. The molecule has 0 saturated carbocycles. The second-order valence-corrected chi connectivity index (χ2v) is 9.20. The molecule has 1 aromatic carbocycles. The molecule has 0 bridgehead atoms. The smallest absolute Gasteiger partial charge is 0.330 e. The third kappa shape index (κ3) is 7.39. The van der Waals surface area contributed by atoms with Crippen LogP contribution < -0.4 is 14.8 Å². The van der Waals surface area contributed by atoms with E-state index >= 15 is 0 Å². The van der Waals surface area contributed by atoms with E-state index in [2.05, 4.69) is 21.9 Å². The molecule has 1 aromatic heterocycles. The van der Waals surface area contributed by atoms with E-state index in [-0.39, 0.29) is 11.9 Å². The molecule has 0 fully saturated rings. The number of hydrogen-bond acceptors (Lipinski definition) is 5. The van der Waals surface area contributed by atoms with E-state index < -0.39 is 39.8 Å². The summed E-state index contributed by atoms with van der Waals surface area (Å²) in [4.78, 5) is 9.12. The molecule has 0 spiro atoms. The number of allylic oxidation sites excluding steroid dienone is 2. The molecule has 2 rings (SSSR count). The minimum atomic E-state index is -3.26. The lowest BCUT2D eigenvalue weighted by atomic mass is 10.2. The lowest BCUT2D eigenvalue weighted by Crippen LogP contribution is -2.15. The fraction of sp³-hybridized carbons (Fsp3) is 0.333. The number of aromatic nitrogens is 1. The van der Waals surface area contributed by atoms with Gasteiger partial charge in [0.05, 0.1) is 21.4 Å². The van der Waals surface area contributed by atoms with Gasteiger partial charge in [-0.3, -0.25) is 9.71 Å². The highest BCUT2D eigenvalue weighted by molar-refractivity contribution is 7.86. The number of rotatable bonds is 10. The molecule has 2 aromatic rings. The van der Waals surface area contributed by atoms with Gasteiger partial charge in [-0.15, -0.1) is 11.3 Å². The van der Waals surface area contributed by atoms with Crippen LogP contribution in [0.5, 0.6) is 11.6 Å². The number of aliphatic imine (C=N–C) groups is 1. The maximum absolute atomic E-state index is 14.5. The Balaban J connectivity index is 2.20. The number of alkyl halides is 2. The Hall–Kier alpha value is -2.73. The van der Waals surface area contributed by atoms with E-state index in [0.717, 1.165) is 24.4 Å². The number of nitrogens with one attached hydrogen (secondary N) is 2.